The maximum Gasteiger partial charge on any atom is 0.318 e. The predicted molar refractivity (Wildman–Crippen MR) is 89.6 cm³/mol. The van der Waals surface area contributed by atoms with Crippen molar-refractivity contribution >= 4 is 17.1 Å². The number of ether oxygens (including phenoxy) is 1. The van der Waals surface area contributed by atoms with Crippen LogP contribution in [0.15, 0.2) is 35.1 Å². The van der Waals surface area contributed by atoms with Crippen LogP contribution in [-0.4, -0.2) is 51.8 Å². The van der Waals surface area contributed by atoms with E-state index >= 15 is 0 Å². The number of urea groups is 1. The fraction of sp³-hybridized carbons (Fsp3) is 0.375. The smallest absolute Gasteiger partial charge is 0.318 e. The van der Waals surface area contributed by atoms with E-state index in [-0.39, 0.29) is 12.1 Å². The number of hydrogen-bond acceptors (Lipinski definition) is 6. The van der Waals surface area contributed by atoms with E-state index in [0.29, 0.717) is 24.2 Å². The van der Waals surface area contributed by atoms with Gasteiger partial charge in [0, 0.05) is 33.9 Å². The maximum absolute atomic E-state index is 12.5. The van der Waals surface area contributed by atoms with Crippen molar-refractivity contribution < 1.29 is 14.2 Å². The third-order valence-electron chi connectivity index (χ3n) is 3.93. The monoisotopic (exact) mass is 344 g/mol. The van der Waals surface area contributed by atoms with E-state index < -0.39 is 0 Å². The summed E-state index contributed by atoms with van der Waals surface area (Å²) in [5.41, 5.74) is 3.16. The molecule has 1 aromatic carbocycles. The van der Waals surface area contributed by atoms with Crippen LogP contribution in [0.25, 0.3) is 11.0 Å². The molecule has 9 nitrogen and oxygen atoms in total. The summed E-state index contributed by atoms with van der Waals surface area (Å²) in [6.07, 6.45) is 1.69. The highest BCUT2D eigenvalue weighted by Crippen LogP contribution is 2.15. The van der Waals surface area contributed by atoms with Crippen molar-refractivity contribution in [1.29, 1.82) is 0 Å². The molecule has 132 valence electrons. The Hall–Kier alpha value is -2.94. The largest absolute Gasteiger partial charge is 0.382 e. The number of rotatable bonds is 6. The number of benzene rings is 1. The van der Waals surface area contributed by atoms with E-state index in [1.54, 1.807) is 29.9 Å². The first-order valence-electron chi connectivity index (χ1n) is 7.78. The van der Waals surface area contributed by atoms with Crippen molar-refractivity contribution in [3.63, 3.8) is 0 Å². The number of fused-ring (bicyclic) bond motifs is 1. The molecule has 1 atom stereocenters. The minimum Gasteiger partial charge on any atom is -0.382 e. The first-order valence-corrected chi connectivity index (χ1v) is 7.78. The quantitative estimate of drug-likeness (QED) is 0.727. The van der Waals surface area contributed by atoms with Crippen LogP contribution in [-0.2, 0) is 18.3 Å². The van der Waals surface area contributed by atoms with Gasteiger partial charge in [0.05, 0.1) is 18.3 Å². The molecule has 0 fully saturated rings. The van der Waals surface area contributed by atoms with Gasteiger partial charge in [-0.2, -0.15) is 5.10 Å². The SMILES string of the molecule is COCC(NC(=O)N(C)Cc1ccc2nonc2c1)c1ccnn1C. The number of aromatic nitrogens is 4. The second kappa shape index (κ2) is 7.31. The van der Waals surface area contributed by atoms with Crippen molar-refractivity contribution in [2.45, 2.75) is 12.6 Å². The average molecular weight is 344 g/mol. The Morgan fingerprint density at radius 1 is 1.36 bits per heavy atom. The Kier molecular flexibility index (Phi) is 4.94. The maximum atomic E-state index is 12.5. The molecule has 0 saturated carbocycles. The van der Waals surface area contributed by atoms with Gasteiger partial charge in [-0.25, -0.2) is 9.42 Å². The van der Waals surface area contributed by atoms with Crippen molar-refractivity contribution in [2.75, 3.05) is 20.8 Å². The average Bonchev–Trinajstić information content (AvgIpc) is 3.22. The lowest BCUT2D eigenvalue weighted by atomic mass is 10.2. The van der Waals surface area contributed by atoms with Crippen molar-refractivity contribution in [1.82, 2.24) is 30.3 Å². The van der Waals surface area contributed by atoms with Crippen molar-refractivity contribution in [2.24, 2.45) is 7.05 Å². The molecule has 2 aromatic heterocycles. The molecule has 2 heterocycles. The molecule has 0 bridgehead atoms. The van der Waals surface area contributed by atoms with E-state index in [9.17, 15) is 4.79 Å². The van der Waals surface area contributed by atoms with Crippen LogP contribution in [0.3, 0.4) is 0 Å². The topological polar surface area (TPSA) is 98.3 Å². The molecular weight excluding hydrogens is 324 g/mol. The highest BCUT2D eigenvalue weighted by Gasteiger charge is 2.20. The summed E-state index contributed by atoms with van der Waals surface area (Å²) in [6.45, 7) is 0.787. The van der Waals surface area contributed by atoms with Gasteiger partial charge < -0.3 is 15.0 Å². The number of carbonyl (C=O) groups is 1. The summed E-state index contributed by atoms with van der Waals surface area (Å²) in [6, 6.07) is 6.93. The lowest BCUT2D eigenvalue weighted by Gasteiger charge is -2.23. The number of nitrogens with zero attached hydrogens (tertiary/aromatic N) is 5. The van der Waals surface area contributed by atoms with Gasteiger partial charge in [0.15, 0.2) is 0 Å². The molecule has 3 rings (SSSR count). The van der Waals surface area contributed by atoms with Crippen LogP contribution in [0, 0.1) is 0 Å². The first-order chi connectivity index (χ1) is 12.1. The Morgan fingerprint density at radius 3 is 2.88 bits per heavy atom. The normalized spacial score (nSPS) is 12.3. The van der Waals surface area contributed by atoms with Crippen LogP contribution in [0.2, 0.25) is 0 Å². The Balaban J connectivity index is 1.67. The van der Waals surface area contributed by atoms with Gasteiger partial charge in [0.2, 0.25) is 0 Å². The fourth-order valence-electron chi connectivity index (χ4n) is 2.62. The van der Waals surface area contributed by atoms with Gasteiger partial charge in [-0.15, -0.1) is 0 Å². The number of nitrogens with one attached hydrogen (secondary N) is 1. The molecule has 0 aliphatic heterocycles. The molecule has 2 amide bonds. The fourth-order valence-corrected chi connectivity index (χ4v) is 2.62. The molecule has 1 N–H and O–H groups in total. The highest BCUT2D eigenvalue weighted by atomic mass is 16.6. The molecular formula is C16H20N6O3. The summed E-state index contributed by atoms with van der Waals surface area (Å²) in [4.78, 5) is 14.1. The first kappa shape index (κ1) is 16.9. The van der Waals surface area contributed by atoms with E-state index in [2.05, 4.69) is 25.4 Å². The molecule has 0 spiro atoms. The standard InChI is InChI=1S/C16H20N6O3/c1-21(9-11-4-5-12-13(8-11)20-25-19-12)16(23)18-14(10-24-3)15-6-7-17-22(15)2/h4-8,14H,9-10H2,1-3H3,(H,18,23). The lowest BCUT2D eigenvalue weighted by Crippen LogP contribution is -2.41. The van der Waals surface area contributed by atoms with E-state index in [4.69, 9.17) is 4.74 Å². The Labute approximate surface area is 144 Å². The number of carbonyl (C=O) groups excluding carboxylic acids is 1. The summed E-state index contributed by atoms with van der Waals surface area (Å²) in [7, 11) is 5.16. The van der Waals surface area contributed by atoms with Crippen LogP contribution in [0.5, 0.6) is 0 Å². The number of aryl methyl sites for hydroxylation is 1. The summed E-state index contributed by atoms with van der Waals surface area (Å²) in [5.74, 6) is 0. The van der Waals surface area contributed by atoms with Gasteiger partial charge in [-0.1, -0.05) is 6.07 Å². The predicted octanol–water partition coefficient (Wildman–Crippen LogP) is 1.49. The molecule has 25 heavy (non-hydrogen) atoms. The second-order valence-corrected chi connectivity index (χ2v) is 5.78. The van der Waals surface area contributed by atoms with Gasteiger partial charge in [-0.05, 0) is 34.1 Å². The van der Waals surface area contributed by atoms with E-state index in [1.165, 1.54) is 0 Å². The minimum absolute atomic E-state index is 0.207. The van der Waals surface area contributed by atoms with E-state index in [1.807, 2.05) is 31.3 Å². The van der Waals surface area contributed by atoms with Crippen LogP contribution in [0.1, 0.15) is 17.3 Å². The van der Waals surface area contributed by atoms with Gasteiger partial charge in [0.25, 0.3) is 0 Å². The number of amides is 2. The molecule has 0 aliphatic rings. The molecule has 0 aliphatic carbocycles. The molecule has 3 aromatic rings. The van der Waals surface area contributed by atoms with Crippen LogP contribution in [0.4, 0.5) is 4.79 Å². The van der Waals surface area contributed by atoms with Gasteiger partial charge in [0.1, 0.15) is 11.0 Å². The third-order valence-corrected chi connectivity index (χ3v) is 3.93. The molecule has 0 saturated heterocycles. The number of methoxy groups -OCH3 is 1. The lowest BCUT2D eigenvalue weighted by molar-refractivity contribution is 0.154. The minimum atomic E-state index is -0.283. The Bertz CT molecular complexity index is 858. The zero-order chi connectivity index (χ0) is 17.8. The molecule has 9 heteroatoms. The summed E-state index contributed by atoms with van der Waals surface area (Å²) < 4.78 is 11.6. The van der Waals surface area contributed by atoms with Gasteiger partial charge >= 0.3 is 6.03 Å². The summed E-state index contributed by atoms with van der Waals surface area (Å²) >= 11 is 0. The zero-order valence-corrected chi connectivity index (χ0v) is 14.3. The van der Waals surface area contributed by atoms with E-state index in [0.717, 1.165) is 11.3 Å². The Morgan fingerprint density at radius 2 is 2.16 bits per heavy atom. The van der Waals surface area contributed by atoms with Gasteiger partial charge in [-0.3, -0.25) is 4.68 Å². The summed E-state index contributed by atoms with van der Waals surface area (Å²) in [5, 5.41) is 14.7. The molecule has 0 radical (unpaired) electrons. The molecule has 1 unspecified atom stereocenters. The van der Waals surface area contributed by atoms with Crippen molar-refractivity contribution in [3.05, 3.63) is 41.7 Å². The third kappa shape index (κ3) is 3.77. The van der Waals surface area contributed by atoms with Crippen LogP contribution < -0.4 is 5.32 Å². The second-order valence-electron chi connectivity index (χ2n) is 5.78. The zero-order valence-electron chi connectivity index (χ0n) is 14.3. The van der Waals surface area contributed by atoms with Crippen LogP contribution >= 0.6 is 0 Å². The highest BCUT2D eigenvalue weighted by molar-refractivity contribution is 5.76. The number of hydrogen-bond donors (Lipinski definition) is 1. The van der Waals surface area contributed by atoms with Crippen molar-refractivity contribution in [3.8, 4) is 0 Å².